The summed E-state index contributed by atoms with van der Waals surface area (Å²) in [5.74, 6) is -0.354. The van der Waals surface area contributed by atoms with Crippen molar-refractivity contribution in [1.29, 1.82) is 0 Å². The number of methoxy groups -OCH3 is 1. The quantitative estimate of drug-likeness (QED) is 0.557. The Labute approximate surface area is 147 Å². The van der Waals surface area contributed by atoms with Gasteiger partial charge in [0.1, 0.15) is 16.9 Å². The van der Waals surface area contributed by atoms with E-state index in [1.807, 2.05) is 30.3 Å². The van der Waals surface area contributed by atoms with E-state index in [4.69, 9.17) is 22.1 Å². The Morgan fingerprint density at radius 2 is 1.84 bits per heavy atom. The van der Waals surface area contributed by atoms with Crippen molar-refractivity contribution in [2.75, 3.05) is 12.8 Å². The van der Waals surface area contributed by atoms with E-state index in [2.05, 4.69) is 9.97 Å². The first kappa shape index (κ1) is 15.4. The molecule has 0 atom stereocenters. The number of anilines is 1. The molecule has 25 heavy (non-hydrogen) atoms. The minimum atomic E-state index is -0.562. The van der Waals surface area contributed by atoms with Crippen molar-refractivity contribution < 1.29 is 9.53 Å². The predicted molar refractivity (Wildman–Crippen MR) is 97.1 cm³/mol. The molecule has 0 amide bonds. The lowest BCUT2D eigenvalue weighted by atomic mass is 10.2. The zero-order chi connectivity index (χ0) is 17.6. The summed E-state index contributed by atoms with van der Waals surface area (Å²) in [4.78, 5) is 21.5. The van der Waals surface area contributed by atoms with Crippen molar-refractivity contribution >= 4 is 45.6 Å². The minimum absolute atomic E-state index is 0.190. The van der Waals surface area contributed by atoms with Crippen molar-refractivity contribution in [3.05, 3.63) is 59.1 Å². The number of aromatic nitrogens is 3. The molecule has 0 bridgehead atoms. The van der Waals surface area contributed by atoms with Gasteiger partial charge in [-0.05, 0) is 30.3 Å². The molecule has 2 N–H and O–H groups in total. The van der Waals surface area contributed by atoms with Gasteiger partial charge in [0.25, 0.3) is 0 Å². The zero-order valence-electron chi connectivity index (χ0n) is 13.2. The molecule has 124 valence electrons. The lowest BCUT2D eigenvalue weighted by molar-refractivity contribution is 0.0604. The second kappa shape index (κ2) is 5.75. The molecule has 0 spiro atoms. The third kappa shape index (κ3) is 2.38. The van der Waals surface area contributed by atoms with E-state index < -0.39 is 5.97 Å². The summed E-state index contributed by atoms with van der Waals surface area (Å²) in [6.45, 7) is 0. The highest BCUT2D eigenvalue weighted by Crippen LogP contribution is 2.32. The van der Waals surface area contributed by atoms with Crippen LogP contribution in [0.3, 0.4) is 0 Å². The largest absolute Gasteiger partial charge is 0.465 e. The molecular formula is C18H13ClN4O2. The summed E-state index contributed by atoms with van der Waals surface area (Å²) < 4.78 is 6.54. The normalized spacial score (nSPS) is 11.1. The Balaban J connectivity index is 2.16. The van der Waals surface area contributed by atoms with Gasteiger partial charge in [0.05, 0.1) is 23.8 Å². The fraction of sp³-hybridized carbons (Fsp3) is 0.0556. The molecule has 7 heteroatoms. The van der Waals surface area contributed by atoms with Crippen LogP contribution in [0.5, 0.6) is 0 Å². The van der Waals surface area contributed by atoms with E-state index in [1.165, 1.54) is 7.11 Å². The number of para-hydroxylation sites is 2. The SMILES string of the molecule is COC(=O)c1c(N)n(-c2cccc(Cl)c2)c2nc3ccccc3nc12. The number of ether oxygens (including phenoxy) is 1. The number of fused-ring (bicyclic) bond motifs is 2. The van der Waals surface area contributed by atoms with Crippen LogP contribution in [0.1, 0.15) is 10.4 Å². The van der Waals surface area contributed by atoms with Crippen molar-refractivity contribution in [1.82, 2.24) is 14.5 Å². The highest BCUT2D eigenvalue weighted by atomic mass is 35.5. The lowest BCUT2D eigenvalue weighted by Gasteiger charge is -2.08. The maximum Gasteiger partial charge on any atom is 0.343 e. The van der Waals surface area contributed by atoms with E-state index in [0.717, 1.165) is 0 Å². The van der Waals surface area contributed by atoms with Crippen molar-refractivity contribution in [3.8, 4) is 5.69 Å². The zero-order valence-corrected chi connectivity index (χ0v) is 14.0. The second-order valence-corrected chi connectivity index (χ2v) is 5.89. The Morgan fingerprint density at radius 3 is 2.52 bits per heavy atom. The molecule has 0 aliphatic rings. The third-order valence-corrected chi connectivity index (χ3v) is 4.19. The number of nitrogens with zero attached hydrogens (tertiary/aromatic N) is 3. The first-order valence-electron chi connectivity index (χ1n) is 7.51. The van der Waals surface area contributed by atoms with Crippen LogP contribution < -0.4 is 5.73 Å². The molecule has 6 nitrogen and oxygen atoms in total. The average molecular weight is 353 g/mol. The maximum atomic E-state index is 12.3. The smallest absolute Gasteiger partial charge is 0.343 e. The molecule has 0 saturated heterocycles. The fourth-order valence-corrected chi connectivity index (χ4v) is 3.03. The number of benzene rings is 2. The number of nitrogens with two attached hydrogens (primary N) is 1. The van der Waals surface area contributed by atoms with Crippen LogP contribution in [0, 0.1) is 0 Å². The Kier molecular flexibility index (Phi) is 3.54. The van der Waals surface area contributed by atoms with Gasteiger partial charge in [0, 0.05) is 5.02 Å². The summed E-state index contributed by atoms with van der Waals surface area (Å²) in [7, 11) is 1.30. The molecule has 0 unspecified atom stereocenters. The van der Waals surface area contributed by atoms with Gasteiger partial charge in [0.15, 0.2) is 5.65 Å². The highest BCUT2D eigenvalue weighted by Gasteiger charge is 2.25. The highest BCUT2D eigenvalue weighted by molar-refractivity contribution is 6.30. The minimum Gasteiger partial charge on any atom is -0.465 e. The Morgan fingerprint density at radius 1 is 1.12 bits per heavy atom. The van der Waals surface area contributed by atoms with Gasteiger partial charge in [0.2, 0.25) is 0 Å². The van der Waals surface area contributed by atoms with Crippen LogP contribution >= 0.6 is 11.6 Å². The number of hydrogen-bond donors (Lipinski definition) is 1. The van der Waals surface area contributed by atoms with Crippen molar-refractivity contribution in [2.45, 2.75) is 0 Å². The monoisotopic (exact) mass is 352 g/mol. The number of halogens is 1. The van der Waals surface area contributed by atoms with E-state index >= 15 is 0 Å². The van der Waals surface area contributed by atoms with Gasteiger partial charge >= 0.3 is 5.97 Å². The molecule has 2 heterocycles. The van der Waals surface area contributed by atoms with Gasteiger partial charge < -0.3 is 10.5 Å². The van der Waals surface area contributed by atoms with Crippen LogP contribution in [0.15, 0.2) is 48.5 Å². The van der Waals surface area contributed by atoms with Crippen LogP contribution in [0.25, 0.3) is 27.9 Å². The number of hydrogen-bond acceptors (Lipinski definition) is 5. The molecule has 0 fully saturated rings. The number of rotatable bonds is 2. The first-order valence-corrected chi connectivity index (χ1v) is 7.89. The molecule has 4 aromatic rings. The summed E-state index contributed by atoms with van der Waals surface area (Å²) in [5, 5.41) is 0.548. The first-order chi connectivity index (χ1) is 12.1. The van der Waals surface area contributed by atoms with E-state index in [-0.39, 0.29) is 11.4 Å². The van der Waals surface area contributed by atoms with E-state index in [1.54, 1.807) is 22.8 Å². The topological polar surface area (TPSA) is 83.0 Å². The van der Waals surface area contributed by atoms with Gasteiger partial charge in [-0.15, -0.1) is 0 Å². The third-order valence-electron chi connectivity index (χ3n) is 3.95. The van der Waals surface area contributed by atoms with Gasteiger partial charge in [-0.3, -0.25) is 4.57 Å². The second-order valence-electron chi connectivity index (χ2n) is 5.45. The van der Waals surface area contributed by atoms with E-state index in [9.17, 15) is 4.79 Å². The maximum absolute atomic E-state index is 12.3. The molecule has 2 aromatic heterocycles. The Hall–Kier alpha value is -3.12. The standard InChI is InChI=1S/C18H13ClN4O2/c1-25-18(24)14-15-17(22-13-8-3-2-7-12(13)21-15)23(16(14)20)11-6-4-5-10(19)9-11/h2-9H,20H2,1H3. The lowest BCUT2D eigenvalue weighted by Crippen LogP contribution is -2.07. The van der Waals surface area contributed by atoms with Crippen LogP contribution in [0.4, 0.5) is 5.82 Å². The molecule has 4 rings (SSSR count). The number of nitrogen functional groups attached to an aromatic ring is 1. The van der Waals surface area contributed by atoms with Crippen molar-refractivity contribution in [3.63, 3.8) is 0 Å². The summed E-state index contributed by atoms with van der Waals surface area (Å²) in [5.41, 5.74) is 9.39. The molecule has 0 radical (unpaired) electrons. The molecular weight excluding hydrogens is 340 g/mol. The number of esters is 1. The Bertz CT molecular complexity index is 1140. The van der Waals surface area contributed by atoms with Crippen LogP contribution in [-0.4, -0.2) is 27.6 Å². The van der Waals surface area contributed by atoms with Crippen LogP contribution in [0.2, 0.25) is 5.02 Å². The molecule has 2 aromatic carbocycles. The molecule has 0 saturated carbocycles. The summed E-state index contributed by atoms with van der Waals surface area (Å²) in [6.07, 6.45) is 0. The summed E-state index contributed by atoms with van der Waals surface area (Å²) >= 11 is 6.11. The van der Waals surface area contributed by atoms with Gasteiger partial charge in [-0.1, -0.05) is 29.8 Å². The van der Waals surface area contributed by atoms with E-state index in [0.29, 0.717) is 32.9 Å². The molecule has 0 aliphatic carbocycles. The average Bonchev–Trinajstić information content (AvgIpc) is 2.90. The number of carbonyl (C=O) groups excluding carboxylic acids is 1. The predicted octanol–water partition coefficient (Wildman–Crippen LogP) is 3.60. The fourth-order valence-electron chi connectivity index (χ4n) is 2.84. The van der Waals surface area contributed by atoms with Crippen molar-refractivity contribution in [2.24, 2.45) is 0 Å². The van der Waals surface area contributed by atoms with Crippen LogP contribution in [-0.2, 0) is 4.74 Å². The summed E-state index contributed by atoms with van der Waals surface area (Å²) in [6, 6.07) is 14.6. The molecule has 0 aliphatic heterocycles. The number of carbonyl (C=O) groups is 1. The van der Waals surface area contributed by atoms with Gasteiger partial charge in [-0.25, -0.2) is 14.8 Å². The van der Waals surface area contributed by atoms with Gasteiger partial charge in [-0.2, -0.15) is 0 Å².